The first-order chi connectivity index (χ1) is 7.77. The average Bonchev–Trinajstić information content (AvgIpc) is 2.86. The standard InChI is InChI=1S/C14H17NS/c1-10-6-7-11(2)15(10)13-4-3-5-14-12(13)8-9-16-14/h6-9,13H,3-5H2,1-2H3. The highest BCUT2D eigenvalue weighted by molar-refractivity contribution is 7.10. The molecule has 0 aliphatic heterocycles. The zero-order valence-electron chi connectivity index (χ0n) is 9.86. The predicted molar refractivity (Wildman–Crippen MR) is 69.3 cm³/mol. The summed E-state index contributed by atoms with van der Waals surface area (Å²) in [7, 11) is 0. The number of aryl methyl sites for hydroxylation is 3. The topological polar surface area (TPSA) is 4.93 Å². The van der Waals surface area contributed by atoms with Gasteiger partial charge in [-0.3, -0.25) is 0 Å². The Kier molecular flexibility index (Phi) is 2.40. The van der Waals surface area contributed by atoms with Crippen LogP contribution in [0.5, 0.6) is 0 Å². The summed E-state index contributed by atoms with van der Waals surface area (Å²) in [6, 6.07) is 7.37. The van der Waals surface area contributed by atoms with E-state index < -0.39 is 0 Å². The van der Waals surface area contributed by atoms with Gasteiger partial charge in [0, 0.05) is 16.3 Å². The Labute approximate surface area is 101 Å². The van der Waals surface area contributed by atoms with Gasteiger partial charge in [-0.25, -0.2) is 0 Å². The number of nitrogens with zero attached hydrogens (tertiary/aromatic N) is 1. The van der Waals surface area contributed by atoms with Crippen molar-refractivity contribution in [2.45, 2.75) is 39.2 Å². The highest BCUT2D eigenvalue weighted by atomic mass is 32.1. The van der Waals surface area contributed by atoms with Gasteiger partial charge in [0.25, 0.3) is 0 Å². The number of hydrogen-bond acceptors (Lipinski definition) is 1. The maximum Gasteiger partial charge on any atom is 0.0596 e. The molecular weight excluding hydrogens is 214 g/mol. The molecule has 0 saturated carbocycles. The summed E-state index contributed by atoms with van der Waals surface area (Å²) < 4.78 is 2.50. The van der Waals surface area contributed by atoms with E-state index in [1.54, 1.807) is 10.4 Å². The van der Waals surface area contributed by atoms with Gasteiger partial charge in [0.15, 0.2) is 0 Å². The van der Waals surface area contributed by atoms with E-state index in [1.165, 1.54) is 30.7 Å². The third kappa shape index (κ3) is 1.44. The molecule has 0 amide bonds. The number of thiophene rings is 1. The van der Waals surface area contributed by atoms with E-state index in [0.717, 1.165) is 0 Å². The molecule has 0 aromatic carbocycles. The molecule has 2 aromatic rings. The van der Waals surface area contributed by atoms with Gasteiger partial charge in [0.05, 0.1) is 6.04 Å². The molecule has 0 spiro atoms. The number of hydrogen-bond donors (Lipinski definition) is 0. The molecule has 1 unspecified atom stereocenters. The van der Waals surface area contributed by atoms with Crippen molar-refractivity contribution in [1.29, 1.82) is 0 Å². The first-order valence-electron chi connectivity index (χ1n) is 5.98. The van der Waals surface area contributed by atoms with Gasteiger partial charge in [0.1, 0.15) is 0 Å². The first-order valence-corrected chi connectivity index (χ1v) is 6.86. The SMILES string of the molecule is Cc1ccc(C)n1C1CCCc2sccc21. The molecule has 84 valence electrons. The van der Waals surface area contributed by atoms with Crippen LogP contribution in [-0.4, -0.2) is 4.57 Å². The molecule has 2 heterocycles. The van der Waals surface area contributed by atoms with Crippen molar-refractivity contribution in [1.82, 2.24) is 4.57 Å². The summed E-state index contributed by atoms with van der Waals surface area (Å²) >= 11 is 1.92. The van der Waals surface area contributed by atoms with Gasteiger partial charge in [-0.1, -0.05) is 0 Å². The van der Waals surface area contributed by atoms with Crippen LogP contribution in [0.3, 0.4) is 0 Å². The minimum Gasteiger partial charge on any atom is -0.342 e. The molecule has 2 aromatic heterocycles. The maximum absolute atomic E-state index is 2.50. The van der Waals surface area contributed by atoms with Gasteiger partial charge in [-0.15, -0.1) is 11.3 Å². The lowest BCUT2D eigenvalue weighted by molar-refractivity contribution is 0.481. The van der Waals surface area contributed by atoms with E-state index in [2.05, 4.69) is 42.0 Å². The quantitative estimate of drug-likeness (QED) is 0.696. The number of rotatable bonds is 1. The van der Waals surface area contributed by atoms with E-state index >= 15 is 0 Å². The smallest absolute Gasteiger partial charge is 0.0596 e. The Balaban J connectivity index is 2.10. The van der Waals surface area contributed by atoms with Crippen LogP contribution in [0.15, 0.2) is 23.6 Å². The summed E-state index contributed by atoms with van der Waals surface area (Å²) in [5.41, 5.74) is 4.35. The lowest BCUT2D eigenvalue weighted by Crippen LogP contribution is -2.17. The second-order valence-corrected chi connectivity index (χ2v) is 5.69. The zero-order valence-corrected chi connectivity index (χ0v) is 10.7. The Hall–Kier alpha value is -1.02. The molecule has 1 aliphatic carbocycles. The molecule has 0 saturated heterocycles. The second-order valence-electron chi connectivity index (χ2n) is 4.69. The van der Waals surface area contributed by atoms with Gasteiger partial charge in [-0.05, 0) is 62.3 Å². The molecule has 16 heavy (non-hydrogen) atoms. The van der Waals surface area contributed by atoms with Crippen LogP contribution in [0.1, 0.15) is 40.7 Å². The first kappa shape index (κ1) is 10.2. The summed E-state index contributed by atoms with van der Waals surface area (Å²) in [6.07, 6.45) is 3.90. The van der Waals surface area contributed by atoms with Crippen molar-refractivity contribution < 1.29 is 0 Å². The predicted octanol–water partition coefficient (Wildman–Crippen LogP) is 4.09. The minimum atomic E-state index is 0.588. The van der Waals surface area contributed by atoms with E-state index in [1.807, 2.05) is 11.3 Å². The molecule has 0 fully saturated rings. The van der Waals surface area contributed by atoms with Crippen molar-refractivity contribution in [2.75, 3.05) is 0 Å². The maximum atomic E-state index is 2.50. The molecule has 0 radical (unpaired) electrons. The highest BCUT2D eigenvalue weighted by Crippen LogP contribution is 2.37. The third-order valence-corrected chi connectivity index (χ3v) is 4.65. The highest BCUT2D eigenvalue weighted by Gasteiger charge is 2.23. The van der Waals surface area contributed by atoms with Crippen LogP contribution in [-0.2, 0) is 6.42 Å². The average molecular weight is 231 g/mol. The van der Waals surface area contributed by atoms with Crippen molar-refractivity contribution in [2.24, 2.45) is 0 Å². The van der Waals surface area contributed by atoms with Gasteiger partial charge in [-0.2, -0.15) is 0 Å². The van der Waals surface area contributed by atoms with Gasteiger partial charge in [0.2, 0.25) is 0 Å². The van der Waals surface area contributed by atoms with Crippen LogP contribution in [0, 0.1) is 13.8 Å². The van der Waals surface area contributed by atoms with Crippen molar-refractivity contribution in [3.8, 4) is 0 Å². The summed E-state index contributed by atoms with van der Waals surface area (Å²) in [4.78, 5) is 1.60. The van der Waals surface area contributed by atoms with E-state index in [0.29, 0.717) is 6.04 Å². The summed E-state index contributed by atoms with van der Waals surface area (Å²) in [5, 5.41) is 2.25. The van der Waals surface area contributed by atoms with Crippen LogP contribution in [0.4, 0.5) is 0 Å². The normalized spacial score (nSPS) is 19.8. The van der Waals surface area contributed by atoms with Crippen LogP contribution in [0.2, 0.25) is 0 Å². The lowest BCUT2D eigenvalue weighted by atomic mass is 9.93. The van der Waals surface area contributed by atoms with Gasteiger partial charge < -0.3 is 4.57 Å². The van der Waals surface area contributed by atoms with Crippen molar-refractivity contribution >= 4 is 11.3 Å². The Morgan fingerprint density at radius 3 is 2.69 bits per heavy atom. The fraction of sp³-hybridized carbons (Fsp3) is 0.429. The molecule has 3 rings (SSSR count). The third-order valence-electron chi connectivity index (χ3n) is 3.66. The Bertz CT molecular complexity index is 487. The van der Waals surface area contributed by atoms with Gasteiger partial charge >= 0.3 is 0 Å². The van der Waals surface area contributed by atoms with Crippen LogP contribution in [0.25, 0.3) is 0 Å². The van der Waals surface area contributed by atoms with E-state index in [4.69, 9.17) is 0 Å². The van der Waals surface area contributed by atoms with E-state index in [9.17, 15) is 0 Å². The van der Waals surface area contributed by atoms with Crippen molar-refractivity contribution in [3.63, 3.8) is 0 Å². The fourth-order valence-electron chi connectivity index (χ4n) is 2.90. The van der Waals surface area contributed by atoms with Crippen LogP contribution < -0.4 is 0 Å². The molecule has 1 atom stereocenters. The lowest BCUT2D eigenvalue weighted by Gasteiger charge is -2.27. The summed E-state index contributed by atoms with van der Waals surface area (Å²) in [6.45, 7) is 4.43. The molecule has 0 N–H and O–H groups in total. The molecule has 0 bridgehead atoms. The Morgan fingerprint density at radius 1 is 1.19 bits per heavy atom. The zero-order chi connectivity index (χ0) is 11.1. The number of aromatic nitrogens is 1. The molecule has 2 heteroatoms. The number of fused-ring (bicyclic) bond motifs is 1. The Morgan fingerprint density at radius 2 is 1.94 bits per heavy atom. The monoisotopic (exact) mass is 231 g/mol. The largest absolute Gasteiger partial charge is 0.342 e. The molecule has 1 aliphatic rings. The molecule has 1 nitrogen and oxygen atoms in total. The summed E-state index contributed by atoms with van der Waals surface area (Å²) in [5.74, 6) is 0. The fourth-order valence-corrected chi connectivity index (χ4v) is 3.88. The molecular formula is C14H17NS. The van der Waals surface area contributed by atoms with E-state index in [-0.39, 0.29) is 0 Å². The minimum absolute atomic E-state index is 0.588. The second kappa shape index (κ2) is 3.77. The van der Waals surface area contributed by atoms with Crippen LogP contribution >= 0.6 is 11.3 Å². The van der Waals surface area contributed by atoms with Crippen molar-refractivity contribution in [3.05, 3.63) is 45.4 Å².